The number of carbonyl (C=O) groups is 1. The molecule has 1 atom stereocenters. The van der Waals surface area contributed by atoms with Gasteiger partial charge in [0.1, 0.15) is 23.0 Å². The third kappa shape index (κ3) is 3.52. The van der Waals surface area contributed by atoms with Crippen molar-refractivity contribution in [3.63, 3.8) is 0 Å². The Balaban J connectivity index is 1.10. The van der Waals surface area contributed by atoms with E-state index in [-0.39, 0.29) is 11.9 Å². The van der Waals surface area contributed by atoms with Gasteiger partial charge in [-0.25, -0.2) is 9.97 Å². The lowest BCUT2D eigenvalue weighted by atomic mass is 9.95. The number of hydrogen-bond donors (Lipinski definition) is 0. The van der Waals surface area contributed by atoms with E-state index >= 15 is 0 Å². The van der Waals surface area contributed by atoms with Gasteiger partial charge in [0, 0.05) is 38.4 Å². The van der Waals surface area contributed by atoms with Gasteiger partial charge >= 0.3 is 0 Å². The highest BCUT2D eigenvalue weighted by Crippen LogP contribution is 2.34. The van der Waals surface area contributed by atoms with E-state index in [2.05, 4.69) is 60.4 Å². The highest BCUT2D eigenvalue weighted by Gasteiger charge is 2.37. The fourth-order valence-corrected chi connectivity index (χ4v) is 6.46. The number of amides is 1. The van der Waals surface area contributed by atoms with E-state index in [9.17, 15) is 4.79 Å². The van der Waals surface area contributed by atoms with Crippen molar-refractivity contribution in [3.05, 3.63) is 47.6 Å². The number of aromatic nitrogens is 2. The van der Waals surface area contributed by atoms with E-state index in [4.69, 9.17) is 0 Å². The number of benzene rings is 1. The van der Waals surface area contributed by atoms with Crippen LogP contribution in [0.4, 0.5) is 11.5 Å². The molecule has 3 aliphatic rings. The standard InChI is InChI=1S/C25H29N5OS/c31-25(22-6-3-11-30(22)23-20-10-15-32-24(20)27-17-26-23)28-12-7-18(8-13-28)16-29-14-9-19-4-1-2-5-21(19)29/h1-2,4-5,10,15,17-18,22H,3,6-9,11-14,16H2. The number of anilines is 2. The van der Waals surface area contributed by atoms with Crippen LogP contribution in [-0.2, 0) is 11.2 Å². The first-order valence-electron chi connectivity index (χ1n) is 11.8. The average molecular weight is 448 g/mol. The van der Waals surface area contributed by atoms with E-state index in [0.29, 0.717) is 5.92 Å². The predicted molar refractivity (Wildman–Crippen MR) is 129 cm³/mol. The smallest absolute Gasteiger partial charge is 0.245 e. The van der Waals surface area contributed by atoms with Crippen molar-refractivity contribution in [2.75, 3.05) is 42.5 Å². The lowest BCUT2D eigenvalue weighted by Crippen LogP contribution is -2.49. The number of nitrogens with zero attached hydrogens (tertiary/aromatic N) is 5. The van der Waals surface area contributed by atoms with Gasteiger partial charge in [-0.05, 0) is 61.1 Å². The molecule has 3 aliphatic heterocycles. The van der Waals surface area contributed by atoms with Gasteiger partial charge in [-0.2, -0.15) is 0 Å². The van der Waals surface area contributed by atoms with Crippen molar-refractivity contribution in [2.24, 2.45) is 5.92 Å². The zero-order valence-electron chi connectivity index (χ0n) is 18.3. The molecular weight excluding hydrogens is 418 g/mol. The molecule has 0 aliphatic carbocycles. The summed E-state index contributed by atoms with van der Waals surface area (Å²) in [6.45, 7) is 4.89. The maximum absolute atomic E-state index is 13.5. The fourth-order valence-electron chi connectivity index (χ4n) is 5.74. The molecule has 0 bridgehead atoms. The Morgan fingerprint density at radius 1 is 1.03 bits per heavy atom. The SMILES string of the molecule is O=C(C1CCCN1c1ncnc2sccc12)N1CCC(CN2CCc3ccccc32)CC1. The van der Waals surface area contributed by atoms with E-state index in [1.54, 1.807) is 17.7 Å². The van der Waals surface area contributed by atoms with Crippen LogP contribution in [0, 0.1) is 5.92 Å². The molecule has 0 saturated carbocycles. The first-order chi connectivity index (χ1) is 15.8. The third-order valence-corrected chi connectivity index (χ3v) is 8.26. The lowest BCUT2D eigenvalue weighted by Gasteiger charge is -2.37. The van der Waals surface area contributed by atoms with Gasteiger partial charge in [-0.1, -0.05) is 18.2 Å². The molecule has 0 N–H and O–H groups in total. The van der Waals surface area contributed by atoms with Crippen LogP contribution in [0.25, 0.3) is 10.2 Å². The molecule has 0 spiro atoms. The van der Waals surface area contributed by atoms with Gasteiger partial charge in [0.05, 0.1) is 5.39 Å². The van der Waals surface area contributed by atoms with Crippen LogP contribution in [0.3, 0.4) is 0 Å². The van der Waals surface area contributed by atoms with Crippen LogP contribution in [0.5, 0.6) is 0 Å². The number of carbonyl (C=O) groups excluding carboxylic acids is 1. The predicted octanol–water partition coefficient (Wildman–Crippen LogP) is 3.96. The second-order valence-electron chi connectivity index (χ2n) is 9.28. The zero-order chi connectivity index (χ0) is 21.5. The van der Waals surface area contributed by atoms with E-state index < -0.39 is 0 Å². The summed E-state index contributed by atoms with van der Waals surface area (Å²) < 4.78 is 0. The zero-order valence-corrected chi connectivity index (χ0v) is 19.1. The van der Waals surface area contributed by atoms with E-state index in [1.807, 2.05) is 0 Å². The van der Waals surface area contributed by atoms with Crippen LogP contribution < -0.4 is 9.80 Å². The molecule has 1 amide bonds. The number of thiophene rings is 1. The molecule has 7 heteroatoms. The number of likely N-dealkylation sites (tertiary alicyclic amines) is 1. The molecule has 166 valence electrons. The largest absolute Gasteiger partial charge is 0.371 e. The Morgan fingerprint density at radius 2 is 1.91 bits per heavy atom. The van der Waals surface area contributed by atoms with Gasteiger partial charge in [0.25, 0.3) is 0 Å². The van der Waals surface area contributed by atoms with Crippen LogP contribution in [0.2, 0.25) is 0 Å². The summed E-state index contributed by atoms with van der Waals surface area (Å²) in [6.07, 6.45) is 6.94. The maximum atomic E-state index is 13.5. The Bertz CT molecular complexity index is 1120. The van der Waals surface area contributed by atoms with Gasteiger partial charge < -0.3 is 14.7 Å². The first kappa shape index (κ1) is 20.0. The molecule has 5 heterocycles. The van der Waals surface area contributed by atoms with Crippen molar-refractivity contribution in [1.29, 1.82) is 0 Å². The average Bonchev–Trinajstić information content (AvgIpc) is 3.59. The number of rotatable bonds is 4. The molecule has 6 rings (SSSR count). The van der Waals surface area contributed by atoms with Crippen LogP contribution in [-0.4, -0.2) is 59.5 Å². The van der Waals surface area contributed by atoms with Gasteiger partial charge in [0.2, 0.25) is 5.91 Å². The summed E-state index contributed by atoms with van der Waals surface area (Å²) in [5.41, 5.74) is 2.89. The Morgan fingerprint density at radius 3 is 2.81 bits per heavy atom. The molecule has 1 unspecified atom stereocenters. The van der Waals surface area contributed by atoms with E-state index in [1.165, 1.54) is 11.3 Å². The van der Waals surface area contributed by atoms with Crippen molar-refractivity contribution in [3.8, 4) is 0 Å². The summed E-state index contributed by atoms with van der Waals surface area (Å²) in [4.78, 5) is 30.4. The fraction of sp³-hybridized carbons (Fsp3) is 0.480. The summed E-state index contributed by atoms with van der Waals surface area (Å²) in [7, 11) is 0. The van der Waals surface area contributed by atoms with Crippen LogP contribution >= 0.6 is 11.3 Å². The summed E-state index contributed by atoms with van der Waals surface area (Å²) >= 11 is 1.63. The Hall–Kier alpha value is -2.67. The number of piperidine rings is 1. The minimum atomic E-state index is -0.0880. The minimum Gasteiger partial charge on any atom is -0.371 e. The van der Waals surface area contributed by atoms with Crippen molar-refractivity contribution < 1.29 is 4.79 Å². The molecule has 2 aromatic heterocycles. The highest BCUT2D eigenvalue weighted by molar-refractivity contribution is 7.16. The second kappa shape index (κ2) is 8.35. The van der Waals surface area contributed by atoms with Crippen LogP contribution in [0.1, 0.15) is 31.2 Å². The third-order valence-electron chi connectivity index (χ3n) is 7.44. The normalized spacial score (nSPS) is 21.5. The molecule has 32 heavy (non-hydrogen) atoms. The number of hydrogen-bond acceptors (Lipinski definition) is 6. The molecule has 0 radical (unpaired) electrons. The quantitative estimate of drug-likeness (QED) is 0.606. The molecule has 3 aromatic rings. The number of fused-ring (bicyclic) bond motifs is 2. The second-order valence-corrected chi connectivity index (χ2v) is 10.2. The monoisotopic (exact) mass is 447 g/mol. The number of para-hydroxylation sites is 1. The Kier molecular flexibility index (Phi) is 5.21. The molecule has 2 saturated heterocycles. The van der Waals surface area contributed by atoms with E-state index in [0.717, 1.165) is 80.9 Å². The maximum Gasteiger partial charge on any atom is 0.245 e. The molecule has 2 fully saturated rings. The van der Waals surface area contributed by atoms with Crippen LogP contribution in [0.15, 0.2) is 42.0 Å². The minimum absolute atomic E-state index is 0.0880. The molecule has 1 aromatic carbocycles. The van der Waals surface area contributed by atoms with Gasteiger partial charge in [0.15, 0.2) is 0 Å². The molecular formula is C25H29N5OS. The Labute approximate surface area is 192 Å². The van der Waals surface area contributed by atoms with Crippen molar-refractivity contribution in [1.82, 2.24) is 14.9 Å². The van der Waals surface area contributed by atoms with Gasteiger partial charge in [-0.3, -0.25) is 4.79 Å². The van der Waals surface area contributed by atoms with Crippen molar-refractivity contribution >= 4 is 39.0 Å². The molecule has 6 nitrogen and oxygen atoms in total. The summed E-state index contributed by atoms with van der Waals surface area (Å²) in [5, 5.41) is 3.13. The van der Waals surface area contributed by atoms with Crippen molar-refractivity contribution in [2.45, 2.75) is 38.1 Å². The first-order valence-corrected chi connectivity index (χ1v) is 12.7. The summed E-state index contributed by atoms with van der Waals surface area (Å²) in [5.74, 6) is 1.88. The highest BCUT2D eigenvalue weighted by atomic mass is 32.1. The lowest BCUT2D eigenvalue weighted by molar-refractivity contribution is -0.133. The summed E-state index contributed by atoms with van der Waals surface area (Å²) in [6, 6.07) is 10.8. The topological polar surface area (TPSA) is 52.6 Å². The van der Waals surface area contributed by atoms with Gasteiger partial charge in [-0.15, -0.1) is 11.3 Å².